The molecule has 1 atom stereocenters. The maximum Gasteiger partial charge on any atom is 0.359 e. The maximum atomic E-state index is 12.4. The van der Waals surface area contributed by atoms with Crippen molar-refractivity contribution in [3.8, 4) is 5.75 Å². The standard InChI is InChI=1S/C13H11ClO6/c1-18-10(15)6-13(12(17)19-2)11(16)8-5-7(14)3-4-9(8)20-13/h3-5H,6H2,1-2H3/t13-/m1/s1. The quantitative estimate of drug-likeness (QED) is 0.620. The number of carbonyl (C=O) groups excluding carboxylic acids is 3. The number of ketones is 1. The normalized spacial score (nSPS) is 20.1. The van der Waals surface area contributed by atoms with Crippen molar-refractivity contribution >= 4 is 29.3 Å². The first-order valence-corrected chi connectivity index (χ1v) is 6.01. The van der Waals surface area contributed by atoms with Gasteiger partial charge in [0.15, 0.2) is 0 Å². The molecule has 0 aliphatic carbocycles. The second-order valence-corrected chi connectivity index (χ2v) is 4.58. The lowest BCUT2D eigenvalue weighted by molar-refractivity contribution is -0.160. The number of hydrogen-bond acceptors (Lipinski definition) is 6. The molecule has 0 saturated carbocycles. The third-order valence-corrected chi connectivity index (χ3v) is 3.21. The third-order valence-electron chi connectivity index (χ3n) is 2.97. The average Bonchev–Trinajstić information content (AvgIpc) is 2.72. The highest BCUT2D eigenvalue weighted by Gasteiger charge is 2.57. The summed E-state index contributed by atoms with van der Waals surface area (Å²) in [6.45, 7) is 0. The van der Waals surface area contributed by atoms with Crippen LogP contribution in [-0.2, 0) is 19.1 Å². The highest BCUT2D eigenvalue weighted by molar-refractivity contribution is 6.31. The van der Waals surface area contributed by atoms with Gasteiger partial charge in [0.2, 0.25) is 5.78 Å². The van der Waals surface area contributed by atoms with E-state index in [0.29, 0.717) is 5.02 Å². The fourth-order valence-corrected chi connectivity index (χ4v) is 2.16. The van der Waals surface area contributed by atoms with Crippen molar-refractivity contribution in [3.63, 3.8) is 0 Å². The van der Waals surface area contributed by atoms with E-state index in [1.54, 1.807) is 0 Å². The van der Waals surface area contributed by atoms with Gasteiger partial charge in [0.05, 0.1) is 19.8 Å². The van der Waals surface area contributed by atoms with Crippen LogP contribution in [0, 0.1) is 0 Å². The Morgan fingerprint density at radius 3 is 2.60 bits per heavy atom. The Bertz CT molecular complexity index is 597. The number of hydrogen-bond donors (Lipinski definition) is 0. The van der Waals surface area contributed by atoms with E-state index in [0.717, 1.165) is 14.2 Å². The van der Waals surface area contributed by atoms with Crippen molar-refractivity contribution in [3.05, 3.63) is 28.8 Å². The summed E-state index contributed by atoms with van der Waals surface area (Å²) < 4.78 is 14.5. The summed E-state index contributed by atoms with van der Waals surface area (Å²) in [4.78, 5) is 35.8. The van der Waals surface area contributed by atoms with Crippen molar-refractivity contribution in [1.29, 1.82) is 0 Å². The van der Waals surface area contributed by atoms with Crippen LogP contribution in [0.1, 0.15) is 16.8 Å². The molecule has 1 aliphatic rings. The van der Waals surface area contributed by atoms with Gasteiger partial charge >= 0.3 is 11.9 Å². The molecule has 6 nitrogen and oxygen atoms in total. The molecule has 2 rings (SSSR count). The van der Waals surface area contributed by atoms with E-state index in [1.807, 2.05) is 0 Å². The van der Waals surface area contributed by atoms with Crippen molar-refractivity contribution in [2.45, 2.75) is 12.0 Å². The Hall–Kier alpha value is -2.08. The summed E-state index contributed by atoms with van der Waals surface area (Å²) in [5, 5.41) is 0.319. The van der Waals surface area contributed by atoms with Crippen LogP contribution in [0.25, 0.3) is 0 Å². The Balaban J connectivity index is 2.48. The fraction of sp³-hybridized carbons (Fsp3) is 0.308. The van der Waals surface area contributed by atoms with E-state index >= 15 is 0 Å². The van der Waals surface area contributed by atoms with Crippen LogP contribution in [0.3, 0.4) is 0 Å². The largest absolute Gasteiger partial charge is 0.469 e. The number of esters is 2. The highest BCUT2D eigenvalue weighted by Crippen LogP contribution is 2.39. The van der Waals surface area contributed by atoms with Crippen molar-refractivity contribution in [2.24, 2.45) is 0 Å². The maximum absolute atomic E-state index is 12.4. The number of benzene rings is 1. The molecule has 1 aromatic carbocycles. The molecule has 0 spiro atoms. The number of methoxy groups -OCH3 is 2. The topological polar surface area (TPSA) is 78.9 Å². The van der Waals surface area contributed by atoms with Gasteiger partial charge in [-0.25, -0.2) is 4.79 Å². The van der Waals surface area contributed by atoms with Crippen molar-refractivity contribution in [1.82, 2.24) is 0 Å². The highest BCUT2D eigenvalue weighted by atomic mass is 35.5. The van der Waals surface area contributed by atoms with Crippen LogP contribution in [0.2, 0.25) is 5.02 Å². The van der Waals surface area contributed by atoms with Gasteiger partial charge in [0.1, 0.15) is 12.2 Å². The fourth-order valence-electron chi connectivity index (χ4n) is 1.98. The van der Waals surface area contributed by atoms with Gasteiger partial charge in [-0.3, -0.25) is 9.59 Å². The molecule has 1 aromatic rings. The number of Topliss-reactive ketones (excluding diaryl/α,β-unsaturated/α-hetero) is 1. The van der Waals surface area contributed by atoms with Gasteiger partial charge in [-0.1, -0.05) is 11.6 Å². The van der Waals surface area contributed by atoms with E-state index in [1.165, 1.54) is 18.2 Å². The molecule has 0 N–H and O–H groups in total. The van der Waals surface area contributed by atoms with Crippen LogP contribution in [0.15, 0.2) is 18.2 Å². The Kier molecular flexibility index (Phi) is 3.67. The SMILES string of the molecule is COC(=O)C[C@@]1(C(=O)OC)Oc2ccc(Cl)cc2C1=O. The monoisotopic (exact) mass is 298 g/mol. The zero-order valence-corrected chi connectivity index (χ0v) is 11.5. The van der Waals surface area contributed by atoms with Gasteiger partial charge in [0.25, 0.3) is 5.60 Å². The van der Waals surface area contributed by atoms with Crippen LogP contribution in [-0.4, -0.2) is 37.5 Å². The molecule has 106 valence electrons. The first-order chi connectivity index (χ1) is 9.44. The van der Waals surface area contributed by atoms with Gasteiger partial charge in [0, 0.05) is 5.02 Å². The Morgan fingerprint density at radius 2 is 2.00 bits per heavy atom. The second-order valence-electron chi connectivity index (χ2n) is 4.14. The number of carbonyl (C=O) groups is 3. The predicted octanol–water partition coefficient (Wildman–Crippen LogP) is 1.39. The molecule has 0 fully saturated rings. The number of halogens is 1. The molecular formula is C13H11ClO6. The van der Waals surface area contributed by atoms with E-state index in [4.69, 9.17) is 16.3 Å². The van der Waals surface area contributed by atoms with E-state index in [9.17, 15) is 14.4 Å². The van der Waals surface area contributed by atoms with Gasteiger partial charge in [-0.05, 0) is 18.2 Å². The van der Waals surface area contributed by atoms with Crippen LogP contribution in [0.4, 0.5) is 0 Å². The van der Waals surface area contributed by atoms with Crippen LogP contribution in [0.5, 0.6) is 5.75 Å². The minimum atomic E-state index is -2.05. The molecule has 0 bridgehead atoms. The third kappa shape index (κ3) is 2.12. The molecular weight excluding hydrogens is 288 g/mol. The average molecular weight is 299 g/mol. The molecule has 20 heavy (non-hydrogen) atoms. The molecule has 1 heterocycles. The molecule has 0 unspecified atom stereocenters. The second kappa shape index (κ2) is 5.13. The summed E-state index contributed by atoms with van der Waals surface area (Å²) in [6, 6.07) is 4.35. The summed E-state index contributed by atoms with van der Waals surface area (Å²) in [5.74, 6) is -2.22. The van der Waals surface area contributed by atoms with Gasteiger partial charge in [-0.15, -0.1) is 0 Å². The lowest BCUT2D eigenvalue weighted by Gasteiger charge is -2.22. The molecule has 0 radical (unpaired) electrons. The Labute approximate surface area is 119 Å². The van der Waals surface area contributed by atoms with E-state index in [-0.39, 0.29) is 11.3 Å². The molecule has 0 amide bonds. The smallest absolute Gasteiger partial charge is 0.359 e. The zero-order valence-electron chi connectivity index (χ0n) is 10.8. The summed E-state index contributed by atoms with van der Waals surface area (Å²) in [5.41, 5.74) is -1.92. The minimum Gasteiger partial charge on any atom is -0.469 e. The number of fused-ring (bicyclic) bond motifs is 1. The summed E-state index contributed by atoms with van der Waals surface area (Å²) in [7, 11) is 2.25. The first kappa shape index (κ1) is 14.3. The molecule has 1 aliphatic heterocycles. The van der Waals surface area contributed by atoms with Crippen LogP contribution >= 0.6 is 11.6 Å². The molecule has 7 heteroatoms. The summed E-state index contributed by atoms with van der Waals surface area (Å²) >= 11 is 5.81. The zero-order chi connectivity index (χ0) is 14.9. The van der Waals surface area contributed by atoms with Crippen molar-refractivity contribution < 1.29 is 28.6 Å². The lowest BCUT2D eigenvalue weighted by atomic mass is 9.92. The van der Waals surface area contributed by atoms with Gasteiger partial charge in [-0.2, -0.15) is 0 Å². The van der Waals surface area contributed by atoms with E-state index < -0.39 is 29.7 Å². The molecule has 0 saturated heterocycles. The van der Waals surface area contributed by atoms with Crippen molar-refractivity contribution in [2.75, 3.05) is 14.2 Å². The summed E-state index contributed by atoms with van der Waals surface area (Å²) in [6.07, 6.45) is -0.568. The number of rotatable bonds is 3. The van der Waals surface area contributed by atoms with Gasteiger partial charge < -0.3 is 14.2 Å². The number of ether oxygens (including phenoxy) is 3. The first-order valence-electron chi connectivity index (χ1n) is 5.63. The Morgan fingerprint density at radius 1 is 1.30 bits per heavy atom. The molecule has 0 aromatic heterocycles. The predicted molar refractivity (Wildman–Crippen MR) is 67.8 cm³/mol. The van der Waals surface area contributed by atoms with Crippen LogP contribution < -0.4 is 4.74 Å². The lowest BCUT2D eigenvalue weighted by Crippen LogP contribution is -2.50. The van der Waals surface area contributed by atoms with E-state index in [2.05, 4.69) is 9.47 Å². The minimum absolute atomic E-state index is 0.131.